The monoisotopic (exact) mass is 312 g/mol. The first-order valence-corrected chi connectivity index (χ1v) is 8.15. The molecule has 0 aromatic carbocycles. The van der Waals surface area contributed by atoms with Gasteiger partial charge in [0.25, 0.3) is 0 Å². The van der Waals surface area contributed by atoms with Crippen molar-refractivity contribution in [1.29, 1.82) is 0 Å². The highest BCUT2D eigenvalue weighted by atomic mass is 32.2. The summed E-state index contributed by atoms with van der Waals surface area (Å²) in [4.78, 5) is 4.29. The summed E-state index contributed by atoms with van der Waals surface area (Å²) in [5.41, 5.74) is 0.316. The van der Waals surface area contributed by atoms with Gasteiger partial charge in [0.2, 0.25) is 15.9 Å². The average molecular weight is 312 g/mol. The second-order valence-corrected chi connectivity index (χ2v) is 6.91. The first-order valence-electron chi connectivity index (χ1n) is 6.67. The van der Waals surface area contributed by atoms with Crippen molar-refractivity contribution in [3.05, 3.63) is 23.2 Å². The van der Waals surface area contributed by atoms with Gasteiger partial charge in [-0.05, 0) is 33.6 Å². The lowest BCUT2D eigenvalue weighted by Crippen LogP contribution is -2.27. The second-order valence-electron chi connectivity index (χ2n) is 5.26. The Hall–Kier alpha value is -1.74. The second kappa shape index (κ2) is 4.92. The molecule has 0 bridgehead atoms. The molecule has 0 unspecified atom stereocenters. The van der Waals surface area contributed by atoms with Gasteiger partial charge >= 0.3 is 0 Å². The van der Waals surface area contributed by atoms with Crippen LogP contribution in [0.25, 0.3) is 0 Å². The van der Waals surface area contributed by atoms with Crippen LogP contribution in [0, 0.1) is 13.8 Å². The number of sulfonamides is 1. The van der Waals surface area contributed by atoms with Crippen LogP contribution in [0.5, 0.6) is 0 Å². The maximum Gasteiger partial charge on any atom is 0.246 e. The summed E-state index contributed by atoms with van der Waals surface area (Å²) in [5.74, 6) is 1.51. The standard InChI is InChI=1S/C12H16N4O4S/c1-6-10(8(3)19-14-6)21(17,18)16-7(2)12-13-11(15-20-12)9-4-5-9/h7,9,16H,4-5H2,1-3H3/t7-/m1/s1. The molecule has 1 atom stereocenters. The normalized spacial score (nSPS) is 17.1. The van der Waals surface area contributed by atoms with Crippen molar-refractivity contribution in [2.45, 2.75) is 50.5 Å². The van der Waals surface area contributed by atoms with Gasteiger partial charge in [-0.3, -0.25) is 0 Å². The molecule has 3 rings (SSSR count). The van der Waals surface area contributed by atoms with Crippen molar-refractivity contribution in [2.75, 3.05) is 0 Å². The van der Waals surface area contributed by atoms with E-state index in [1.54, 1.807) is 20.8 Å². The molecule has 0 spiro atoms. The van der Waals surface area contributed by atoms with Crippen LogP contribution in [0.3, 0.4) is 0 Å². The molecule has 21 heavy (non-hydrogen) atoms. The van der Waals surface area contributed by atoms with Gasteiger partial charge in [0.15, 0.2) is 11.6 Å². The third kappa shape index (κ3) is 2.70. The van der Waals surface area contributed by atoms with Gasteiger partial charge in [-0.2, -0.15) is 9.71 Å². The topological polar surface area (TPSA) is 111 Å². The molecule has 9 heteroatoms. The van der Waals surface area contributed by atoms with Crippen LogP contribution in [-0.2, 0) is 10.0 Å². The van der Waals surface area contributed by atoms with Crippen LogP contribution in [0.2, 0.25) is 0 Å². The Morgan fingerprint density at radius 2 is 1.95 bits per heavy atom. The number of hydrogen-bond acceptors (Lipinski definition) is 7. The molecule has 2 aromatic rings. The SMILES string of the molecule is Cc1noc(C)c1S(=O)(=O)N[C@H](C)c1nc(C2CC2)no1. The zero-order valence-corrected chi connectivity index (χ0v) is 12.8. The van der Waals surface area contributed by atoms with Crippen LogP contribution in [-0.4, -0.2) is 23.7 Å². The molecule has 0 saturated heterocycles. The smallest absolute Gasteiger partial charge is 0.246 e. The summed E-state index contributed by atoms with van der Waals surface area (Å²) in [6.45, 7) is 4.78. The summed E-state index contributed by atoms with van der Waals surface area (Å²) in [5, 5.41) is 7.53. The molecule has 0 amide bonds. The minimum Gasteiger partial charge on any atom is -0.360 e. The van der Waals surface area contributed by atoms with E-state index in [1.165, 1.54) is 0 Å². The van der Waals surface area contributed by atoms with Crippen molar-refractivity contribution in [2.24, 2.45) is 0 Å². The summed E-state index contributed by atoms with van der Waals surface area (Å²) in [7, 11) is -3.76. The summed E-state index contributed by atoms with van der Waals surface area (Å²) in [6, 6.07) is -0.622. The van der Waals surface area contributed by atoms with Gasteiger partial charge < -0.3 is 9.05 Å². The number of nitrogens with zero attached hydrogens (tertiary/aromatic N) is 3. The van der Waals surface area contributed by atoms with Crippen LogP contribution in [0.1, 0.15) is 54.9 Å². The minimum absolute atomic E-state index is 0.0521. The van der Waals surface area contributed by atoms with E-state index in [0.29, 0.717) is 17.4 Å². The maximum atomic E-state index is 12.4. The van der Waals surface area contributed by atoms with E-state index < -0.39 is 16.1 Å². The van der Waals surface area contributed by atoms with E-state index in [4.69, 9.17) is 9.05 Å². The number of nitrogens with one attached hydrogen (secondary N) is 1. The zero-order valence-electron chi connectivity index (χ0n) is 12.0. The summed E-state index contributed by atoms with van der Waals surface area (Å²) in [6.07, 6.45) is 2.11. The van der Waals surface area contributed by atoms with Crippen molar-refractivity contribution in [1.82, 2.24) is 20.0 Å². The quantitative estimate of drug-likeness (QED) is 0.892. The van der Waals surface area contributed by atoms with Crippen molar-refractivity contribution >= 4 is 10.0 Å². The predicted octanol–water partition coefficient (Wildman–Crippen LogP) is 1.59. The van der Waals surface area contributed by atoms with Crippen molar-refractivity contribution < 1.29 is 17.5 Å². The van der Waals surface area contributed by atoms with Crippen LogP contribution < -0.4 is 4.72 Å². The van der Waals surface area contributed by atoms with E-state index in [1.807, 2.05) is 0 Å². The van der Waals surface area contributed by atoms with E-state index in [9.17, 15) is 8.42 Å². The molecule has 0 radical (unpaired) electrons. The predicted molar refractivity (Wildman–Crippen MR) is 71.0 cm³/mol. The molecular formula is C12H16N4O4S. The van der Waals surface area contributed by atoms with E-state index in [-0.39, 0.29) is 16.5 Å². The number of rotatable bonds is 5. The molecule has 0 aliphatic heterocycles. The summed E-state index contributed by atoms with van der Waals surface area (Å²) >= 11 is 0. The lowest BCUT2D eigenvalue weighted by Gasteiger charge is -2.09. The molecule has 8 nitrogen and oxygen atoms in total. The minimum atomic E-state index is -3.76. The van der Waals surface area contributed by atoms with Crippen LogP contribution in [0.4, 0.5) is 0 Å². The summed E-state index contributed by atoms with van der Waals surface area (Å²) < 4.78 is 37.3. The van der Waals surface area contributed by atoms with Gasteiger partial charge in [0.05, 0.1) is 6.04 Å². The van der Waals surface area contributed by atoms with E-state index in [2.05, 4.69) is 20.0 Å². The van der Waals surface area contributed by atoms with Gasteiger partial charge in [-0.25, -0.2) is 8.42 Å². The first kappa shape index (κ1) is 14.2. The Morgan fingerprint density at radius 1 is 1.24 bits per heavy atom. The third-order valence-corrected chi connectivity index (χ3v) is 5.12. The fourth-order valence-electron chi connectivity index (χ4n) is 2.13. The number of aromatic nitrogens is 3. The lowest BCUT2D eigenvalue weighted by atomic mass is 10.3. The molecule has 2 heterocycles. The van der Waals surface area contributed by atoms with Crippen molar-refractivity contribution in [3.63, 3.8) is 0 Å². The number of aryl methyl sites for hydroxylation is 2. The molecule has 2 aromatic heterocycles. The highest BCUT2D eigenvalue weighted by Crippen LogP contribution is 2.38. The van der Waals surface area contributed by atoms with Crippen LogP contribution >= 0.6 is 0 Å². The molecular weight excluding hydrogens is 296 g/mol. The molecule has 1 aliphatic carbocycles. The Balaban J connectivity index is 1.81. The van der Waals surface area contributed by atoms with Gasteiger partial charge in [0.1, 0.15) is 10.6 Å². The van der Waals surface area contributed by atoms with E-state index in [0.717, 1.165) is 12.8 Å². The molecule has 1 fully saturated rings. The average Bonchev–Trinajstić information content (AvgIpc) is 3.01. The van der Waals surface area contributed by atoms with Gasteiger partial charge in [-0.1, -0.05) is 10.3 Å². The Morgan fingerprint density at radius 3 is 2.52 bits per heavy atom. The maximum absolute atomic E-state index is 12.4. The Kier molecular flexibility index (Phi) is 3.33. The highest BCUT2D eigenvalue weighted by molar-refractivity contribution is 7.89. The third-order valence-electron chi connectivity index (χ3n) is 3.34. The van der Waals surface area contributed by atoms with Gasteiger partial charge in [0, 0.05) is 5.92 Å². The zero-order chi connectivity index (χ0) is 15.2. The van der Waals surface area contributed by atoms with Crippen LogP contribution in [0.15, 0.2) is 13.9 Å². The highest BCUT2D eigenvalue weighted by Gasteiger charge is 2.31. The van der Waals surface area contributed by atoms with E-state index >= 15 is 0 Å². The molecule has 1 N–H and O–H groups in total. The first-order chi connectivity index (χ1) is 9.88. The Bertz CT molecular complexity index is 741. The van der Waals surface area contributed by atoms with Gasteiger partial charge in [-0.15, -0.1) is 0 Å². The largest absolute Gasteiger partial charge is 0.360 e. The van der Waals surface area contributed by atoms with Crippen molar-refractivity contribution in [3.8, 4) is 0 Å². The molecule has 1 aliphatic rings. The fraction of sp³-hybridized carbons (Fsp3) is 0.583. The number of hydrogen-bond donors (Lipinski definition) is 1. The lowest BCUT2D eigenvalue weighted by molar-refractivity contribution is 0.349. The molecule has 1 saturated carbocycles. The Labute approximate surface area is 121 Å². The molecule has 114 valence electrons. The fourth-order valence-corrected chi connectivity index (χ4v) is 3.66.